The lowest BCUT2D eigenvalue weighted by Gasteiger charge is -2.30. The molecule has 2 aromatic rings. The van der Waals surface area contributed by atoms with Gasteiger partial charge < -0.3 is 4.74 Å². The molecule has 0 fully saturated rings. The van der Waals surface area contributed by atoms with Gasteiger partial charge in [-0.15, -0.1) is 0 Å². The third kappa shape index (κ3) is 2.02. The molecule has 0 aromatic heterocycles. The molecule has 1 aliphatic carbocycles. The number of halogens is 2. The van der Waals surface area contributed by atoms with E-state index >= 15 is 0 Å². The topological polar surface area (TPSA) is 26.3 Å². The van der Waals surface area contributed by atoms with E-state index < -0.39 is 0 Å². The van der Waals surface area contributed by atoms with Gasteiger partial charge in [-0.2, -0.15) is 0 Å². The normalized spacial score (nSPS) is 19.9. The van der Waals surface area contributed by atoms with Crippen LogP contribution in [0.1, 0.15) is 31.1 Å². The van der Waals surface area contributed by atoms with Crippen LogP contribution in [0.2, 0.25) is 0 Å². The quantitative estimate of drug-likeness (QED) is 0.500. The third-order valence-electron chi connectivity index (χ3n) is 3.58. The van der Waals surface area contributed by atoms with E-state index in [2.05, 4.69) is 37.9 Å². The molecule has 0 amide bonds. The molecule has 0 saturated carbocycles. The summed E-state index contributed by atoms with van der Waals surface area (Å²) in [6.45, 7) is 0. The maximum Gasteiger partial charge on any atom is 0.338 e. The molecule has 0 bridgehead atoms. The molecule has 2 aromatic carbocycles. The van der Waals surface area contributed by atoms with Gasteiger partial charge in [0, 0.05) is 5.56 Å². The van der Waals surface area contributed by atoms with Gasteiger partial charge in [0.15, 0.2) is 0 Å². The molecular weight excluding hydrogens is 384 g/mol. The first-order chi connectivity index (χ1) is 9.65. The fraction of sp³-hybridized carbons (Fsp3) is 0.188. The Bertz CT molecular complexity index is 682. The minimum atomic E-state index is -0.302. The van der Waals surface area contributed by atoms with Crippen molar-refractivity contribution < 1.29 is 9.53 Å². The number of methoxy groups -OCH3 is 1. The van der Waals surface area contributed by atoms with Crippen molar-refractivity contribution in [2.45, 2.75) is 9.65 Å². The molecule has 102 valence electrons. The highest BCUT2D eigenvalue weighted by Gasteiger charge is 2.32. The van der Waals surface area contributed by atoms with Crippen LogP contribution in [0.25, 0.3) is 11.1 Å². The van der Waals surface area contributed by atoms with Crippen LogP contribution in [0.15, 0.2) is 42.5 Å². The van der Waals surface area contributed by atoms with E-state index in [1.165, 1.54) is 12.7 Å². The number of hydrogen-bond acceptors (Lipinski definition) is 2. The molecule has 0 spiro atoms. The summed E-state index contributed by atoms with van der Waals surface area (Å²) in [5.41, 5.74) is 4.95. The minimum Gasteiger partial charge on any atom is -0.465 e. The van der Waals surface area contributed by atoms with Crippen LogP contribution < -0.4 is 0 Å². The molecule has 0 aliphatic heterocycles. The molecular formula is C16H12Br2O2. The molecule has 2 nitrogen and oxygen atoms in total. The van der Waals surface area contributed by atoms with E-state index in [1.54, 1.807) is 0 Å². The van der Waals surface area contributed by atoms with E-state index in [4.69, 9.17) is 4.74 Å². The predicted molar refractivity (Wildman–Crippen MR) is 86.6 cm³/mol. The Morgan fingerprint density at radius 2 is 1.65 bits per heavy atom. The van der Waals surface area contributed by atoms with Crippen LogP contribution in [0, 0.1) is 0 Å². The molecule has 0 N–H and O–H groups in total. The molecule has 0 unspecified atom stereocenters. The van der Waals surface area contributed by atoms with Crippen molar-refractivity contribution in [1.29, 1.82) is 0 Å². The average Bonchev–Trinajstić information content (AvgIpc) is 2.51. The monoisotopic (exact) mass is 394 g/mol. The van der Waals surface area contributed by atoms with Crippen molar-refractivity contribution in [2.24, 2.45) is 0 Å². The number of fused-ring (bicyclic) bond motifs is 3. The van der Waals surface area contributed by atoms with Gasteiger partial charge in [0.2, 0.25) is 0 Å². The second kappa shape index (κ2) is 5.34. The van der Waals surface area contributed by atoms with Crippen molar-refractivity contribution in [2.75, 3.05) is 7.11 Å². The summed E-state index contributed by atoms with van der Waals surface area (Å²) in [7, 11) is 1.41. The Morgan fingerprint density at radius 3 is 2.40 bits per heavy atom. The van der Waals surface area contributed by atoms with Gasteiger partial charge in [-0.3, -0.25) is 0 Å². The Kier molecular flexibility index (Phi) is 3.69. The van der Waals surface area contributed by atoms with Crippen LogP contribution in [-0.4, -0.2) is 13.1 Å². The molecule has 2 atom stereocenters. The maximum atomic E-state index is 12.0. The number of carbonyl (C=O) groups is 1. The number of alkyl halides is 2. The van der Waals surface area contributed by atoms with Crippen LogP contribution >= 0.6 is 31.9 Å². The number of benzene rings is 2. The first-order valence-corrected chi connectivity index (χ1v) is 8.07. The summed E-state index contributed by atoms with van der Waals surface area (Å²) in [5, 5.41) is 0. The molecule has 20 heavy (non-hydrogen) atoms. The van der Waals surface area contributed by atoms with Gasteiger partial charge in [0.25, 0.3) is 0 Å². The Labute approximate surface area is 134 Å². The fourth-order valence-corrected chi connectivity index (χ4v) is 4.01. The average molecular weight is 396 g/mol. The zero-order valence-corrected chi connectivity index (χ0v) is 13.9. The van der Waals surface area contributed by atoms with E-state index in [-0.39, 0.29) is 15.6 Å². The van der Waals surface area contributed by atoms with Crippen molar-refractivity contribution in [3.63, 3.8) is 0 Å². The molecule has 1 aliphatic rings. The van der Waals surface area contributed by atoms with Crippen LogP contribution in [0.5, 0.6) is 0 Å². The Hall–Kier alpha value is -1.13. The Balaban J connectivity index is 2.34. The summed E-state index contributed by atoms with van der Waals surface area (Å²) in [5.74, 6) is -0.302. The molecule has 3 rings (SSSR count). The zero-order valence-electron chi connectivity index (χ0n) is 10.8. The second-order valence-corrected chi connectivity index (χ2v) is 6.63. The van der Waals surface area contributed by atoms with Crippen molar-refractivity contribution >= 4 is 37.8 Å². The third-order valence-corrected chi connectivity index (χ3v) is 6.34. The summed E-state index contributed by atoms with van der Waals surface area (Å²) in [6, 6.07) is 13.9. The van der Waals surface area contributed by atoms with Crippen molar-refractivity contribution in [3.05, 3.63) is 59.2 Å². The first kappa shape index (κ1) is 13.8. The highest BCUT2D eigenvalue weighted by Crippen LogP contribution is 2.53. The lowest BCUT2D eigenvalue weighted by molar-refractivity contribution is 0.0601. The highest BCUT2D eigenvalue weighted by atomic mass is 79.9. The van der Waals surface area contributed by atoms with E-state index in [0.29, 0.717) is 5.56 Å². The predicted octanol–water partition coefficient (Wildman–Crippen LogP) is 5.03. The van der Waals surface area contributed by atoms with Gasteiger partial charge in [-0.1, -0.05) is 68.3 Å². The largest absolute Gasteiger partial charge is 0.465 e. The van der Waals surface area contributed by atoms with Crippen LogP contribution in [-0.2, 0) is 4.74 Å². The molecule has 4 heteroatoms. The summed E-state index contributed by atoms with van der Waals surface area (Å²) < 4.78 is 4.91. The number of hydrogen-bond donors (Lipinski definition) is 0. The lowest BCUT2D eigenvalue weighted by Crippen LogP contribution is -2.13. The number of carbonyl (C=O) groups excluding carboxylic acids is 1. The van der Waals surface area contributed by atoms with E-state index in [9.17, 15) is 4.79 Å². The van der Waals surface area contributed by atoms with Crippen molar-refractivity contribution in [3.8, 4) is 11.1 Å². The fourth-order valence-electron chi connectivity index (χ4n) is 2.66. The molecule has 0 heterocycles. The standard InChI is InChI=1S/C16H12Br2O2/c1-20-16(19)12-8-4-7-11-13(12)9-5-2-3-6-10(9)14(17)15(11)18/h2-8,14-15H,1H3/t14-,15+/m1/s1. The highest BCUT2D eigenvalue weighted by molar-refractivity contribution is 9.12. The van der Waals surface area contributed by atoms with E-state index in [0.717, 1.165) is 16.7 Å². The lowest BCUT2D eigenvalue weighted by atomic mass is 9.83. The van der Waals surface area contributed by atoms with Gasteiger partial charge in [0.1, 0.15) is 0 Å². The van der Waals surface area contributed by atoms with Crippen LogP contribution in [0.3, 0.4) is 0 Å². The SMILES string of the molecule is COC(=O)c1cccc2c1-c1ccccc1[C@@H](Br)[C@H]2Br. The van der Waals surface area contributed by atoms with Gasteiger partial charge >= 0.3 is 5.97 Å². The minimum absolute atomic E-state index is 0.122. The number of ether oxygens (including phenoxy) is 1. The summed E-state index contributed by atoms with van der Waals surface area (Å²) in [4.78, 5) is 12.3. The summed E-state index contributed by atoms with van der Waals surface area (Å²) >= 11 is 7.47. The maximum absolute atomic E-state index is 12.0. The van der Waals surface area contributed by atoms with Gasteiger partial charge in [-0.25, -0.2) is 4.79 Å². The summed E-state index contributed by atoms with van der Waals surface area (Å²) in [6.07, 6.45) is 0. The second-order valence-electron chi connectivity index (χ2n) is 4.65. The molecule has 0 radical (unpaired) electrons. The molecule has 0 saturated heterocycles. The van der Waals surface area contributed by atoms with Gasteiger partial charge in [0.05, 0.1) is 22.3 Å². The van der Waals surface area contributed by atoms with Crippen molar-refractivity contribution in [1.82, 2.24) is 0 Å². The Morgan fingerprint density at radius 1 is 1.00 bits per heavy atom. The van der Waals surface area contributed by atoms with Crippen LogP contribution in [0.4, 0.5) is 0 Å². The number of esters is 1. The van der Waals surface area contributed by atoms with E-state index in [1.807, 2.05) is 36.4 Å². The number of rotatable bonds is 1. The first-order valence-electron chi connectivity index (χ1n) is 6.23. The zero-order chi connectivity index (χ0) is 14.3. The van der Waals surface area contributed by atoms with Gasteiger partial charge in [-0.05, 0) is 22.8 Å². The smallest absolute Gasteiger partial charge is 0.338 e.